The second-order valence-corrected chi connectivity index (χ2v) is 3.29. The predicted molar refractivity (Wildman–Crippen MR) is 61.0 cm³/mol. The third-order valence-corrected chi connectivity index (χ3v) is 2.08. The van der Waals surface area contributed by atoms with E-state index in [1.807, 2.05) is 0 Å². The fourth-order valence-corrected chi connectivity index (χ4v) is 1.25. The molecule has 1 aromatic carbocycles. The van der Waals surface area contributed by atoms with Crippen LogP contribution < -0.4 is 5.73 Å². The molecule has 3 N–H and O–H groups in total. The number of phenols is 1. The van der Waals surface area contributed by atoms with Crippen LogP contribution in [0.15, 0.2) is 24.3 Å². The Labute approximate surface area is 93.4 Å². The van der Waals surface area contributed by atoms with E-state index in [1.165, 1.54) is 24.3 Å². The maximum absolute atomic E-state index is 11.4. The van der Waals surface area contributed by atoms with Crippen LogP contribution in [0, 0.1) is 0 Å². The number of amides is 1. The zero-order valence-electron chi connectivity index (χ0n) is 8.93. The first-order valence-corrected chi connectivity index (χ1v) is 4.88. The number of carbonyl (C=O) groups excluding carboxylic acids is 2. The lowest BCUT2D eigenvalue weighted by Gasteiger charge is -2.03. The van der Waals surface area contributed by atoms with Crippen molar-refractivity contribution in [3.05, 3.63) is 35.4 Å². The lowest BCUT2D eigenvalue weighted by Crippen LogP contribution is -2.05. The van der Waals surface area contributed by atoms with E-state index in [2.05, 4.69) is 0 Å². The molecule has 0 heterocycles. The van der Waals surface area contributed by atoms with E-state index in [0.717, 1.165) is 0 Å². The highest BCUT2D eigenvalue weighted by molar-refractivity contribution is 5.99. The summed E-state index contributed by atoms with van der Waals surface area (Å²) in [5, 5.41) is 9.48. The first kappa shape index (κ1) is 12.0. The van der Waals surface area contributed by atoms with Gasteiger partial charge in [-0.2, -0.15) is 0 Å². The van der Waals surface area contributed by atoms with Gasteiger partial charge in [-0.05, 0) is 23.8 Å². The number of primary amides is 1. The third-order valence-electron chi connectivity index (χ3n) is 2.08. The van der Waals surface area contributed by atoms with Crippen molar-refractivity contribution in [2.45, 2.75) is 13.3 Å². The molecular formula is C12H13NO3. The minimum Gasteiger partial charge on any atom is -0.507 e. The van der Waals surface area contributed by atoms with Gasteiger partial charge in [-0.25, -0.2) is 0 Å². The van der Waals surface area contributed by atoms with E-state index in [9.17, 15) is 14.7 Å². The van der Waals surface area contributed by atoms with Crippen LogP contribution in [0.2, 0.25) is 0 Å². The van der Waals surface area contributed by atoms with Crippen molar-refractivity contribution < 1.29 is 14.7 Å². The molecule has 0 aliphatic carbocycles. The van der Waals surface area contributed by atoms with Gasteiger partial charge in [0.15, 0.2) is 5.78 Å². The molecule has 1 amide bonds. The maximum Gasteiger partial charge on any atom is 0.241 e. The Hall–Kier alpha value is -2.10. The summed E-state index contributed by atoms with van der Waals surface area (Å²) < 4.78 is 0. The molecule has 0 radical (unpaired) electrons. The number of hydrogen-bond donors (Lipinski definition) is 2. The molecule has 0 unspecified atom stereocenters. The normalized spacial score (nSPS) is 10.6. The molecule has 1 aromatic rings. The average Bonchev–Trinajstić information content (AvgIpc) is 2.27. The summed E-state index contributed by atoms with van der Waals surface area (Å²) in [5.74, 6) is -0.758. The molecule has 1 rings (SSSR count). The molecule has 84 valence electrons. The Bertz CT molecular complexity index is 450. The van der Waals surface area contributed by atoms with Gasteiger partial charge in [-0.15, -0.1) is 0 Å². The Morgan fingerprint density at radius 2 is 2.12 bits per heavy atom. The van der Waals surface area contributed by atoms with E-state index in [-0.39, 0.29) is 17.1 Å². The maximum atomic E-state index is 11.4. The van der Waals surface area contributed by atoms with Gasteiger partial charge in [0.1, 0.15) is 5.75 Å². The van der Waals surface area contributed by atoms with Crippen LogP contribution in [0.5, 0.6) is 5.75 Å². The largest absolute Gasteiger partial charge is 0.507 e. The number of ketones is 1. The second kappa shape index (κ2) is 5.11. The van der Waals surface area contributed by atoms with Crippen molar-refractivity contribution >= 4 is 17.8 Å². The van der Waals surface area contributed by atoms with Crippen molar-refractivity contribution in [2.75, 3.05) is 0 Å². The second-order valence-electron chi connectivity index (χ2n) is 3.29. The summed E-state index contributed by atoms with van der Waals surface area (Å²) in [5.41, 5.74) is 5.86. The van der Waals surface area contributed by atoms with E-state index < -0.39 is 5.91 Å². The summed E-state index contributed by atoms with van der Waals surface area (Å²) in [6, 6.07) is 4.55. The molecule has 4 nitrogen and oxygen atoms in total. The van der Waals surface area contributed by atoms with Gasteiger partial charge in [0.25, 0.3) is 0 Å². The fraction of sp³-hybridized carbons (Fsp3) is 0.167. The van der Waals surface area contributed by atoms with Crippen molar-refractivity contribution in [1.82, 2.24) is 0 Å². The number of phenolic OH excluding ortho intramolecular Hbond substituents is 1. The molecule has 0 saturated carbocycles. The van der Waals surface area contributed by atoms with Gasteiger partial charge >= 0.3 is 0 Å². The molecule has 0 aliphatic heterocycles. The molecule has 0 saturated heterocycles. The summed E-state index contributed by atoms with van der Waals surface area (Å²) in [6.45, 7) is 1.72. The van der Waals surface area contributed by atoms with Gasteiger partial charge < -0.3 is 10.8 Å². The van der Waals surface area contributed by atoms with Gasteiger partial charge in [-0.1, -0.05) is 13.0 Å². The third kappa shape index (κ3) is 2.95. The molecule has 0 fully saturated rings. The van der Waals surface area contributed by atoms with E-state index in [0.29, 0.717) is 12.0 Å². The van der Waals surface area contributed by atoms with Crippen LogP contribution in [0.3, 0.4) is 0 Å². The Balaban J connectivity index is 3.07. The van der Waals surface area contributed by atoms with Crippen LogP contribution in [0.25, 0.3) is 6.08 Å². The lowest BCUT2D eigenvalue weighted by atomic mass is 10.0. The molecule has 0 atom stereocenters. The molecule has 0 bridgehead atoms. The molecule has 0 spiro atoms. The molecule has 0 aliphatic rings. The SMILES string of the molecule is CCC(=O)c1cc(C=CC(N)=O)ccc1O. The highest BCUT2D eigenvalue weighted by Crippen LogP contribution is 2.20. The highest BCUT2D eigenvalue weighted by Gasteiger charge is 2.08. The number of rotatable bonds is 4. The number of carbonyl (C=O) groups is 2. The molecular weight excluding hydrogens is 206 g/mol. The minimum atomic E-state index is -0.559. The van der Waals surface area contributed by atoms with Gasteiger partial charge in [0.2, 0.25) is 5.91 Å². The summed E-state index contributed by atoms with van der Waals surface area (Å²) in [6.07, 6.45) is 3.01. The molecule has 4 heteroatoms. The standard InChI is InChI=1S/C12H13NO3/c1-2-10(14)9-7-8(3-5-11(9)15)4-6-12(13)16/h3-7,15H,2H2,1H3,(H2,13,16). The van der Waals surface area contributed by atoms with Crippen LogP contribution in [0.4, 0.5) is 0 Å². The van der Waals surface area contributed by atoms with E-state index >= 15 is 0 Å². The number of benzene rings is 1. The van der Waals surface area contributed by atoms with Crippen LogP contribution >= 0.6 is 0 Å². The van der Waals surface area contributed by atoms with Crippen molar-refractivity contribution in [1.29, 1.82) is 0 Å². The topological polar surface area (TPSA) is 80.4 Å². The quantitative estimate of drug-likeness (QED) is 0.594. The van der Waals surface area contributed by atoms with Gasteiger partial charge in [-0.3, -0.25) is 9.59 Å². The van der Waals surface area contributed by atoms with Crippen LogP contribution in [-0.4, -0.2) is 16.8 Å². The number of hydrogen-bond acceptors (Lipinski definition) is 3. The monoisotopic (exact) mass is 219 g/mol. The Kier molecular flexibility index (Phi) is 3.83. The van der Waals surface area contributed by atoms with E-state index in [1.54, 1.807) is 13.0 Å². The van der Waals surface area contributed by atoms with Crippen LogP contribution in [-0.2, 0) is 4.79 Å². The Morgan fingerprint density at radius 3 is 2.69 bits per heavy atom. The highest BCUT2D eigenvalue weighted by atomic mass is 16.3. The number of nitrogens with two attached hydrogens (primary N) is 1. The number of aromatic hydroxyl groups is 1. The van der Waals surface area contributed by atoms with Crippen LogP contribution in [0.1, 0.15) is 29.3 Å². The summed E-state index contributed by atoms with van der Waals surface area (Å²) in [7, 11) is 0. The minimum absolute atomic E-state index is 0.0527. The van der Waals surface area contributed by atoms with Gasteiger partial charge in [0.05, 0.1) is 5.56 Å². The average molecular weight is 219 g/mol. The van der Waals surface area contributed by atoms with Crippen molar-refractivity contribution in [2.24, 2.45) is 5.73 Å². The molecule has 16 heavy (non-hydrogen) atoms. The first-order chi connectivity index (χ1) is 7.54. The molecule has 0 aromatic heterocycles. The summed E-state index contributed by atoms with van der Waals surface area (Å²) >= 11 is 0. The first-order valence-electron chi connectivity index (χ1n) is 4.88. The number of Topliss-reactive ketones (excluding diaryl/α,β-unsaturated/α-hetero) is 1. The van der Waals surface area contributed by atoms with Crippen molar-refractivity contribution in [3.63, 3.8) is 0 Å². The predicted octanol–water partition coefficient (Wildman–Crippen LogP) is 1.48. The zero-order chi connectivity index (χ0) is 12.1. The van der Waals surface area contributed by atoms with Gasteiger partial charge in [0, 0.05) is 12.5 Å². The van der Waals surface area contributed by atoms with E-state index in [4.69, 9.17) is 5.73 Å². The fourth-order valence-electron chi connectivity index (χ4n) is 1.25. The summed E-state index contributed by atoms with van der Waals surface area (Å²) in [4.78, 5) is 22.0. The van der Waals surface area contributed by atoms with Crippen molar-refractivity contribution in [3.8, 4) is 5.75 Å². The smallest absolute Gasteiger partial charge is 0.241 e. The lowest BCUT2D eigenvalue weighted by molar-refractivity contribution is -0.113. The Morgan fingerprint density at radius 1 is 1.44 bits per heavy atom. The zero-order valence-corrected chi connectivity index (χ0v) is 8.93.